The summed E-state index contributed by atoms with van der Waals surface area (Å²) >= 11 is 0. The van der Waals surface area contributed by atoms with Gasteiger partial charge in [0, 0.05) is 19.0 Å². The summed E-state index contributed by atoms with van der Waals surface area (Å²) < 4.78 is 3.15. The molecule has 1 saturated carbocycles. The van der Waals surface area contributed by atoms with Gasteiger partial charge < -0.3 is 10.0 Å². The largest absolute Gasteiger partial charge is 0.388 e. The predicted octanol–water partition coefficient (Wildman–Crippen LogP) is 4.68. The molecule has 1 saturated heterocycles. The van der Waals surface area contributed by atoms with Gasteiger partial charge in [-0.15, -0.1) is 0 Å². The van der Waals surface area contributed by atoms with Crippen LogP contribution in [0.3, 0.4) is 0 Å². The number of aromatic nitrogens is 4. The summed E-state index contributed by atoms with van der Waals surface area (Å²) in [5, 5.41) is 16.2. The molecule has 8 nitrogen and oxygen atoms in total. The van der Waals surface area contributed by atoms with E-state index in [4.69, 9.17) is 0 Å². The Labute approximate surface area is 237 Å². The molecule has 8 heteroatoms. The summed E-state index contributed by atoms with van der Waals surface area (Å²) in [6.07, 6.45) is 5.86. The third kappa shape index (κ3) is 4.95. The lowest BCUT2D eigenvalue weighted by Gasteiger charge is -2.38. The molecule has 0 spiro atoms. The Kier molecular flexibility index (Phi) is 6.27. The Morgan fingerprint density at radius 2 is 1.54 bits per heavy atom. The van der Waals surface area contributed by atoms with Crippen molar-refractivity contribution in [2.45, 2.75) is 37.8 Å². The zero-order chi connectivity index (χ0) is 28.0. The molecular weight excluding hydrogens is 514 g/mol. The number of hydrogen-bond donors (Lipinski definition) is 1. The quantitative estimate of drug-likeness (QED) is 0.335. The molecular formula is C33H31N5O3. The van der Waals surface area contributed by atoms with E-state index in [-0.39, 0.29) is 23.9 Å². The molecule has 3 heterocycles. The van der Waals surface area contributed by atoms with E-state index in [1.54, 1.807) is 10.9 Å². The molecule has 2 fully saturated rings. The lowest BCUT2D eigenvalue weighted by molar-refractivity contribution is -0.137. The van der Waals surface area contributed by atoms with E-state index in [2.05, 4.69) is 52.5 Å². The highest BCUT2D eigenvalue weighted by molar-refractivity contribution is 5.81. The highest BCUT2D eigenvalue weighted by atomic mass is 16.3. The Balaban J connectivity index is 1.13. The van der Waals surface area contributed by atoms with Crippen molar-refractivity contribution < 1.29 is 9.90 Å². The van der Waals surface area contributed by atoms with Crippen LogP contribution >= 0.6 is 0 Å². The topological polar surface area (TPSA) is 93.2 Å². The van der Waals surface area contributed by atoms with Crippen LogP contribution in [0.4, 0.5) is 0 Å². The first-order chi connectivity index (χ1) is 20.0. The third-order valence-corrected chi connectivity index (χ3v) is 8.35. The van der Waals surface area contributed by atoms with Crippen molar-refractivity contribution in [2.24, 2.45) is 5.92 Å². The molecule has 1 aliphatic heterocycles. The molecule has 0 unspecified atom stereocenters. The fourth-order valence-corrected chi connectivity index (χ4v) is 5.78. The summed E-state index contributed by atoms with van der Waals surface area (Å²) in [5.41, 5.74) is 4.39. The van der Waals surface area contributed by atoms with E-state index >= 15 is 0 Å². The number of likely N-dealkylation sites (tertiary alicyclic amines) is 1. The SMILES string of the molecule is O=C(C1CC1)N1CCC(O)(Cn2cnc3c(cnn3-c3cccc(-c4cccc(-c5ccccc5)c4)c3)c2=O)CC1. The highest BCUT2D eigenvalue weighted by Gasteiger charge is 2.39. The second-order valence-electron chi connectivity index (χ2n) is 11.3. The molecule has 0 bridgehead atoms. The Hall–Kier alpha value is -4.56. The van der Waals surface area contributed by atoms with Gasteiger partial charge in [0.15, 0.2) is 5.65 Å². The molecule has 7 rings (SSSR count). The number of fused-ring (bicyclic) bond motifs is 1. The minimum atomic E-state index is -1.06. The van der Waals surface area contributed by atoms with Gasteiger partial charge in [0.1, 0.15) is 11.7 Å². The van der Waals surface area contributed by atoms with E-state index in [1.165, 1.54) is 10.9 Å². The Bertz CT molecular complexity index is 1800. The van der Waals surface area contributed by atoms with Crippen LogP contribution in [0.25, 0.3) is 39.0 Å². The van der Waals surface area contributed by atoms with E-state index in [1.807, 2.05) is 41.3 Å². The van der Waals surface area contributed by atoms with Gasteiger partial charge in [0.05, 0.1) is 24.0 Å². The highest BCUT2D eigenvalue weighted by Crippen LogP contribution is 2.33. The number of carbonyl (C=O) groups is 1. The van der Waals surface area contributed by atoms with E-state index < -0.39 is 5.60 Å². The average molecular weight is 546 g/mol. The van der Waals surface area contributed by atoms with Crippen LogP contribution in [0.2, 0.25) is 0 Å². The average Bonchev–Trinajstić information content (AvgIpc) is 3.78. The standard InChI is InChI=1S/C33H31N5O3/c39-31(24-12-13-24)36-16-14-33(41,15-17-36)21-37-22-34-30-29(32(37)40)20-35-38(30)28-11-5-10-27(19-28)26-9-4-8-25(18-26)23-6-2-1-3-7-23/h1-11,18-20,22,24,41H,12-17,21H2. The summed E-state index contributed by atoms with van der Waals surface area (Å²) in [4.78, 5) is 32.3. The van der Waals surface area contributed by atoms with Crippen LogP contribution in [0.5, 0.6) is 0 Å². The van der Waals surface area contributed by atoms with E-state index in [0.29, 0.717) is 37.0 Å². The number of benzene rings is 3. The molecule has 0 atom stereocenters. The molecule has 1 N–H and O–H groups in total. The number of carbonyl (C=O) groups excluding carboxylic acids is 1. The summed E-state index contributed by atoms with van der Waals surface area (Å²) in [6.45, 7) is 1.16. The maximum absolute atomic E-state index is 13.4. The van der Waals surface area contributed by atoms with Gasteiger partial charge in [-0.25, -0.2) is 9.67 Å². The van der Waals surface area contributed by atoms with Crippen molar-refractivity contribution in [3.05, 3.63) is 102 Å². The van der Waals surface area contributed by atoms with Crippen LogP contribution in [0.15, 0.2) is 96.2 Å². The lowest BCUT2D eigenvalue weighted by atomic mass is 9.91. The zero-order valence-electron chi connectivity index (χ0n) is 22.7. The maximum atomic E-state index is 13.4. The van der Waals surface area contributed by atoms with Crippen molar-refractivity contribution in [1.29, 1.82) is 0 Å². The van der Waals surface area contributed by atoms with Crippen molar-refractivity contribution >= 4 is 16.9 Å². The normalized spacial score (nSPS) is 16.7. The van der Waals surface area contributed by atoms with Crippen LogP contribution < -0.4 is 5.56 Å². The predicted molar refractivity (Wildman–Crippen MR) is 157 cm³/mol. The number of nitrogens with zero attached hydrogens (tertiary/aromatic N) is 5. The summed E-state index contributed by atoms with van der Waals surface area (Å²) in [6, 6.07) is 26.7. The fraction of sp³-hybridized carbons (Fsp3) is 0.273. The lowest BCUT2D eigenvalue weighted by Crippen LogP contribution is -2.50. The second-order valence-corrected chi connectivity index (χ2v) is 11.3. The Morgan fingerprint density at radius 3 is 2.27 bits per heavy atom. The molecule has 0 radical (unpaired) electrons. The number of aliphatic hydroxyl groups is 1. The second kappa shape index (κ2) is 10.1. The van der Waals surface area contributed by atoms with Gasteiger partial charge in [-0.2, -0.15) is 5.10 Å². The summed E-state index contributed by atoms with van der Waals surface area (Å²) in [7, 11) is 0. The number of amides is 1. The number of rotatable bonds is 6. The first-order valence-electron chi connectivity index (χ1n) is 14.2. The smallest absolute Gasteiger partial charge is 0.264 e. The van der Waals surface area contributed by atoms with Crippen LogP contribution in [0, 0.1) is 5.92 Å². The molecule has 2 aromatic heterocycles. The van der Waals surface area contributed by atoms with Crippen molar-refractivity contribution in [1.82, 2.24) is 24.2 Å². The monoisotopic (exact) mass is 545 g/mol. The van der Waals surface area contributed by atoms with E-state index in [9.17, 15) is 14.7 Å². The van der Waals surface area contributed by atoms with E-state index in [0.717, 1.165) is 40.8 Å². The van der Waals surface area contributed by atoms with Gasteiger partial charge in [0.25, 0.3) is 5.56 Å². The molecule has 206 valence electrons. The van der Waals surface area contributed by atoms with Gasteiger partial charge in [-0.05, 0) is 66.1 Å². The minimum absolute atomic E-state index is 0.138. The van der Waals surface area contributed by atoms with Crippen molar-refractivity contribution in [3.63, 3.8) is 0 Å². The molecule has 2 aliphatic rings. The summed E-state index contributed by atoms with van der Waals surface area (Å²) in [5.74, 6) is 0.375. The Morgan fingerprint density at radius 1 is 0.878 bits per heavy atom. The van der Waals surface area contributed by atoms with Gasteiger partial charge in [-0.1, -0.05) is 60.7 Å². The zero-order valence-corrected chi connectivity index (χ0v) is 22.7. The third-order valence-electron chi connectivity index (χ3n) is 8.35. The van der Waals surface area contributed by atoms with Gasteiger partial charge >= 0.3 is 0 Å². The van der Waals surface area contributed by atoms with Crippen LogP contribution in [0.1, 0.15) is 25.7 Å². The fourth-order valence-electron chi connectivity index (χ4n) is 5.78. The van der Waals surface area contributed by atoms with Crippen molar-refractivity contribution in [2.75, 3.05) is 13.1 Å². The van der Waals surface area contributed by atoms with Gasteiger partial charge in [0.2, 0.25) is 5.91 Å². The first kappa shape index (κ1) is 25.4. The van der Waals surface area contributed by atoms with Crippen LogP contribution in [-0.2, 0) is 11.3 Å². The number of hydrogen-bond acceptors (Lipinski definition) is 5. The molecule has 1 amide bonds. The van der Waals surface area contributed by atoms with Crippen molar-refractivity contribution in [3.8, 4) is 27.9 Å². The van der Waals surface area contributed by atoms with Crippen LogP contribution in [-0.4, -0.2) is 53.9 Å². The molecule has 3 aromatic carbocycles. The van der Waals surface area contributed by atoms with Gasteiger partial charge in [-0.3, -0.25) is 14.2 Å². The molecule has 5 aromatic rings. The number of piperidine rings is 1. The maximum Gasteiger partial charge on any atom is 0.264 e. The molecule has 41 heavy (non-hydrogen) atoms. The minimum Gasteiger partial charge on any atom is -0.388 e. The first-order valence-corrected chi connectivity index (χ1v) is 14.2. The molecule has 1 aliphatic carbocycles.